The van der Waals surface area contributed by atoms with Crippen LogP contribution in [0.2, 0.25) is 0 Å². The Labute approximate surface area is 124 Å². The zero-order valence-electron chi connectivity index (χ0n) is 12.5. The Hall–Kier alpha value is -2.04. The van der Waals surface area contributed by atoms with E-state index >= 15 is 0 Å². The first-order chi connectivity index (χ1) is 10.2. The maximum Gasteiger partial charge on any atom is 0.310 e. The fraction of sp³-hybridized carbons (Fsp3) is 0.500. The van der Waals surface area contributed by atoms with E-state index in [0.29, 0.717) is 31.0 Å². The Morgan fingerprint density at radius 1 is 1.33 bits per heavy atom. The van der Waals surface area contributed by atoms with Gasteiger partial charge in [0.15, 0.2) is 0 Å². The lowest BCUT2D eigenvalue weighted by Crippen LogP contribution is -2.42. The number of piperidine rings is 1. The Morgan fingerprint density at radius 2 is 2.10 bits per heavy atom. The molecule has 5 heteroatoms. The molecule has 1 fully saturated rings. The van der Waals surface area contributed by atoms with E-state index in [1.165, 1.54) is 0 Å². The molecule has 0 aromatic heterocycles. The summed E-state index contributed by atoms with van der Waals surface area (Å²) in [4.78, 5) is 26.2. The van der Waals surface area contributed by atoms with Crippen LogP contribution in [0.15, 0.2) is 24.3 Å². The lowest BCUT2D eigenvalue weighted by Gasteiger charge is -2.31. The Morgan fingerprint density at radius 3 is 2.81 bits per heavy atom. The van der Waals surface area contributed by atoms with Crippen molar-refractivity contribution < 1.29 is 19.1 Å². The number of likely N-dealkylation sites (tertiary alicyclic amines) is 1. The summed E-state index contributed by atoms with van der Waals surface area (Å²) in [6.07, 6.45) is 1.58. The minimum Gasteiger partial charge on any atom is -0.496 e. The van der Waals surface area contributed by atoms with E-state index in [-0.39, 0.29) is 17.8 Å². The minimum atomic E-state index is -0.225. The van der Waals surface area contributed by atoms with Gasteiger partial charge in [0.25, 0.3) is 5.91 Å². The first-order valence-corrected chi connectivity index (χ1v) is 7.26. The number of hydrogen-bond acceptors (Lipinski definition) is 4. The van der Waals surface area contributed by atoms with Gasteiger partial charge in [-0.1, -0.05) is 12.1 Å². The van der Waals surface area contributed by atoms with Crippen LogP contribution < -0.4 is 4.74 Å². The Bertz CT molecular complexity index is 515. The second kappa shape index (κ2) is 7.11. The Kier molecular flexibility index (Phi) is 5.20. The molecule has 0 radical (unpaired) electrons. The van der Waals surface area contributed by atoms with Crippen molar-refractivity contribution in [1.29, 1.82) is 0 Å². The quantitative estimate of drug-likeness (QED) is 0.797. The predicted molar refractivity (Wildman–Crippen MR) is 78.3 cm³/mol. The molecule has 21 heavy (non-hydrogen) atoms. The maximum absolute atomic E-state index is 12.6. The number of esters is 1. The molecule has 1 aliphatic heterocycles. The third kappa shape index (κ3) is 3.54. The van der Waals surface area contributed by atoms with Gasteiger partial charge < -0.3 is 14.4 Å². The van der Waals surface area contributed by atoms with Gasteiger partial charge in [-0.2, -0.15) is 0 Å². The van der Waals surface area contributed by atoms with E-state index in [4.69, 9.17) is 9.47 Å². The number of rotatable bonds is 4. The summed E-state index contributed by atoms with van der Waals surface area (Å²) in [6.45, 7) is 3.23. The second-order valence-corrected chi connectivity index (χ2v) is 5.04. The van der Waals surface area contributed by atoms with Gasteiger partial charge in [-0.25, -0.2) is 0 Å². The number of benzene rings is 1. The standard InChI is InChI=1S/C16H21NO4/c1-3-21-16(19)12-7-6-10-17(11-12)15(18)13-8-4-5-9-14(13)20-2/h4-5,8-9,12H,3,6-7,10-11H2,1-2H3. The van der Waals surface area contributed by atoms with Crippen LogP contribution in [-0.2, 0) is 9.53 Å². The lowest BCUT2D eigenvalue weighted by molar-refractivity contribution is -0.149. The molecule has 1 aliphatic rings. The molecule has 1 heterocycles. The fourth-order valence-corrected chi connectivity index (χ4v) is 2.61. The van der Waals surface area contributed by atoms with Gasteiger partial charge >= 0.3 is 5.97 Å². The monoisotopic (exact) mass is 291 g/mol. The highest BCUT2D eigenvalue weighted by molar-refractivity contribution is 5.97. The number of para-hydroxylation sites is 1. The van der Waals surface area contributed by atoms with E-state index < -0.39 is 0 Å². The van der Waals surface area contributed by atoms with Crippen molar-refractivity contribution in [2.75, 3.05) is 26.8 Å². The van der Waals surface area contributed by atoms with E-state index in [2.05, 4.69) is 0 Å². The summed E-state index contributed by atoms with van der Waals surface area (Å²) in [5.74, 6) is 0.0228. The minimum absolute atomic E-state index is 0.0959. The number of carbonyl (C=O) groups is 2. The van der Waals surface area contributed by atoms with Crippen LogP contribution in [-0.4, -0.2) is 43.6 Å². The largest absolute Gasteiger partial charge is 0.496 e. The summed E-state index contributed by atoms with van der Waals surface area (Å²) < 4.78 is 10.3. The summed E-state index contributed by atoms with van der Waals surface area (Å²) in [6, 6.07) is 7.14. The molecule has 0 N–H and O–H groups in total. The molecule has 2 rings (SSSR count). The predicted octanol–water partition coefficient (Wildman–Crippen LogP) is 2.11. The molecule has 1 saturated heterocycles. The molecule has 1 unspecified atom stereocenters. The topological polar surface area (TPSA) is 55.8 Å². The number of carbonyl (C=O) groups excluding carboxylic acids is 2. The van der Waals surface area contributed by atoms with Crippen LogP contribution in [0.5, 0.6) is 5.75 Å². The Balaban J connectivity index is 2.10. The molecule has 0 bridgehead atoms. The van der Waals surface area contributed by atoms with Gasteiger partial charge in [0.1, 0.15) is 5.75 Å². The zero-order valence-corrected chi connectivity index (χ0v) is 12.5. The van der Waals surface area contributed by atoms with E-state index in [1.807, 2.05) is 12.1 Å². The number of amides is 1. The van der Waals surface area contributed by atoms with Crippen LogP contribution in [0.25, 0.3) is 0 Å². The fourth-order valence-electron chi connectivity index (χ4n) is 2.61. The van der Waals surface area contributed by atoms with Gasteiger partial charge in [-0.3, -0.25) is 9.59 Å². The number of ether oxygens (including phenoxy) is 2. The van der Waals surface area contributed by atoms with E-state index in [9.17, 15) is 9.59 Å². The van der Waals surface area contributed by atoms with Crippen LogP contribution >= 0.6 is 0 Å². The first-order valence-electron chi connectivity index (χ1n) is 7.26. The molecule has 1 aromatic carbocycles. The van der Waals surface area contributed by atoms with Gasteiger partial charge in [-0.05, 0) is 31.9 Å². The molecular weight excluding hydrogens is 270 g/mol. The van der Waals surface area contributed by atoms with Crippen LogP contribution in [0, 0.1) is 5.92 Å². The summed E-state index contributed by atoms with van der Waals surface area (Å²) in [7, 11) is 1.55. The molecule has 0 spiro atoms. The van der Waals surface area contributed by atoms with Crippen molar-refractivity contribution in [3.63, 3.8) is 0 Å². The molecular formula is C16H21NO4. The number of methoxy groups -OCH3 is 1. The maximum atomic E-state index is 12.6. The van der Waals surface area contributed by atoms with Gasteiger partial charge in [0, 0.05) is 13.1 Å². The molecule has 0 saturated carbocycles. The summed E-state index contributed by atoms with van der Waals surface area (Å²) in [5, 5.41) is 0. The average molecular weight is 291 g/mol. The van der Waals surface area contributed by atoms with Crippen molar-refractivity contribution in [3.8, 4) is 5.75 Å². The second-order valence-electron chi connectivity index (χ2n) is 5.04. The van der Waals surface area contributed by atoms with E-state index in [1.54, 1.807) is 31.1 Å². The number of nitrogens with zero attached hydrogens (tertiary/aromatic N) is 1. The van der Waals surface area contributed by atoms with Crippen molar-refractivity contribution in [2.24, 2.45) is 5.92 Å². The van der Waals surface area contributed by atoms with Crippen molar-refractivity contribution in [2.45, 2.75) is 19.8 Å². The smallest absolute Gasteiger partial charge is 0.310 e. The molecule has 1 amide bonds. The first kappa shape index (κ1) is 15.4. The van der Waals surface area contributed by atoms with Gasteiger partial charge in [0.2, 0.25) is 0 Å². The molecule has 5 nitrogen and oxygen atoms in total. The SMILES string of the molecule is CCOC(=O)C1CCCN(C(=O)c2ccccc2OC)C1. The van der Waals surface area contributed by atoms with Crippen LogP contribution in [0.1, 0.15) is 30.1 Å². The third-order valence-electron chi connectivity index (χ3n) is 3.67. The van der Waals surface area contributed by atoms with Crippen molar-refractivity contribution >= 4 is 11.9 Å². The lowest BCUT2D eigenvalue weighted by atomic mass is 9.97. The third-order valence-corrected chi connectivity index (χ3v) is 3.67. The van der Waals surface area contributed by atoms with Gasteiger partial charge in [0.05, 0.1) is 25.2 Å². The van der Waals surface area contributed by atoms with Crippen LogP contribution in [0.4, 0.5) is 0 Å². The average Bonchev–Trinajstić information content (AvgIpc) is 2.54. The number of hydrogen-bond donors (Lipinski definition) is 0. The molecule has 114 valence electrons. The van der Waals surface area contributed by atoms with Crippen molar-refractivity contribution in [3.05, 3.63) is 29.8 Å². The van der Waals surface area contributed by atoms with Gasteiger partial charge in [-0.15, -0.1) is 0 Å². The molecule has 1 atom stereocenters. The summed E-state index contributed by atoms with van der Waals surface area (Å²) in [5.41, 5.74) is 0.532. The molecule has 0 aliphatic carbocycles. The highest BCUT2D eigenvalue weighted by atomic mass is 16.5. The normalized spacial score (nSPS) is 18.2. The summed E-state index contributed by atoms with van der Waals surface area (Å²) >= 11 is 0. The van der Waals surface area contributed by atoms with Crippen LogP contribution in [0.3, 0.4) is 0 Å². The van der Waals surface area contributed by atoms with E-state index in [0.717, 1.165) is 12.8 Å². The highest BCUT2D eigenvalue weighted by Gasteiger charge is 2.30. The molecule has 1 aromatic rings. The zero-order chi connectivity index (χ0) is 15.2. The van der Waals surface area contributed by atoms with Crippen molar-refractivity contribution in [1.82, 2.24) is 4.90 Å². The highest BCUT2D eigenvalue weighted by Crippen LogP contribution is 2.24.